The van der Waals surface area contributed by atoms with Crippen molar-refractivity contribution in [3.05, 3.63) is 35.9 Å². The van der Waals surface area contributed by atoms with E-state index < -0.39 is 11.9 Å². The maximum Gasteiger partial charge on any atom is 0.227 e. The minimum atomic E-state index is -0.568. The average Bonchev–Trinajstić information content (AvgIpc) is 3.01. The second-order valence-electron chi connectivity index (χ2n) is 6.45. The summed E-state index contributed by atoms with van der Waals surface area (Å²) in [6, 6.07) is 3.57. The summed E-state index contributed by atoms with van der Waals surface area (Å²) in [6.07, 6.45) is 1.76. The molecule has 3 rings (SSSR count). The van der Waals surface area contributed by atoms with Gasteiger partial charge in [-0.2, -0.15) is 9.97 Å². The lowest BCUT2D eigenvalue weighted by Gasteiger charge is -2.20. The van der Waals surface area contributed by atoms with Crippen LogP contribution in [-0.2, 0) is 13.6 Å². The Bertz CT molecular complexity index is 943. The molecule has 0 aliphatic heterocycles. The molecule has 27 heavy (non-hydrogen) atoms. The number of imidazole rings is 1. The van der Waals surface area contributed by atoms with E-state index in [2.05, 4.69) is 25.6 Å². The lowest BCUT2D eigenvalue weighted by atomic mass is 10.1. The van der Waals surface area contributed by atoms with Gasteiger partial charge in [0, 0.05) is 19.2 Å². The summed E-state index contributed by atoms with van der Waals surface area (Å²) in [5, 5.41) is 26.0. The summed E-state index contributed by atoms with van der Waals surface area (Å²) in [5.41, 5.74) is 1.57. The van der Waals surface area contributed by atoms with Crippen LogP contribution in [0.1, 0.15) is 25.8 Å². The predicted octanol–water partition coefficient (Wildman–Crippen LogP) is 2.39. The number of aryl methyl sites for hydroxylation is 1. The lowest BCUT2D eigenvalue weighted by molar-refractivity contribution is 0.169. The first-order valence-corrected chi connectivity index (χ1v) is 8.74. The van der Waals surface area contributed by atoms with Crippen LogP contribution in [0.25, 0.3) is 11.2 Å². The summed E-state index contributed by atoms with van der Waals surface area (Å²) in [4.78, 5) is 13.2. The smallest absolute Gasteiger partial charge is 0.227 e. The van der Waals surface area contributed by atoms with Gasteiger partial charge in [-0.15, -0.1) is 0 Å². The number of anilines is 2. The van der Waals surface area contributed by atoms with Gasteiger partial charge in [0.2, 0.25) is 5.95 Å². The summed E-state index contributed by atoms with van der Waals surface area (Å²) in [5.74, 6) is 0.367. The standard InChI is InChI=1S/C18H23FN6O2/c1-4-13(10(2)26)22-18-23-16(15-17(24-18)25(3)9-21-15)20-8-11-7-12(19)5-6-14(11)27/h5-7,9-10,13,26-27H,4,8H2,1-3H3,(H2,20,22,23,24). The molecule has 0 aliphatic rings. The number of phenolic OH excluding ortho intramolecular Hbond substituents is 1. The van der Waals surface area contributed by atoms with Gasteiger partial charge < -0.3 is 25.4 Å². The van der Waals surface area contributed by atoms with E-state index in [9.17, 15) is 14.6 Å². The molecule has 0 radical (unpaired) electrons. The third-order valence-corrected chi connectivity index (χ3v) is 4.38. The van der Waals surface area contributed by atoms with Gasteiger partial charge in [0.25, 0.3) is 0 Å². The first-order valence-electron chi connectivity index (χ1n) is 8.74. The van der Waals surface area contributed by atoms with E-state index in [-0.39, 0.29) is 18.3 Å². The number of phenols is 1. The van der Waals surface area contributed by atoms with Crippen LogP contribution in [0.2, 0.25) is 0 Å². The van der Waals surface area contributed by atoms with Crippen molar-refractivity contribution >= 4 is 22.9 Å². The van der Waals surface area contributed by atoms with Crippen molar-refractivity contribution in [2.24, 2.45) is 7.05 Å². The highest BCUT2D eigenvalue weighted by Crippen LogP contribution is 2.24. The molecule has 2 aromatic heterocycles. The number of fused-ring (bicyclic) bond motifs is 1. The van der Waals surface area contributed by atoms with E-state index in [1.807, 2.05) is 14.0 Å². The number of nitrogens with zero attached hydrogens (tertiary/aromatic N) is 4. The molecule has 0 bridgehead atoms. The van der Waals surface area contributed by atoms with Gasteiger partial charge in [0.05, 0.1) is 18.5 Å². The normalized spacial score (nSPS) is 13.5. The van der Waals surface area contributed by atoms with Gasteiger partial charge in [-0.3, -0.25) is 0 Å². The number of hydrogen-bond donors (Lipinski definition) is 4. The highest BCUT2D eigenvalue weighted by atomic mass is 19.1. The third-order valence-electron chi connectivity index (χ3n) is 4.38. The zero-order chi connectivity index (χ0) is 19.6. The van der Waals surface area contributed by atoms with Crippen LogP contribution in [0.3, 0.4) is 0 Å². The fraction of sp³-hybridized carbons (Fsp3) is 0.389. The zero-order valence-electron chi connectivity index (χ0n) is 15.4. The van der Waals surface area contributed by atoms with E-state index in [0.29, 0.717) is 34.9 Å². The number of hydrogen-bond acceptors (Lipinski definition) is 7. The number of aliphatic hydroxyl groups is 1. The van der Waals surface area contributed by atoms with Gasteiger partial charge in [0.15, 0.2) is 17.0 Å². The summed E-state index contributed by atoms with van der Waals surface area (Å²) >= 11 is 0. The van der Waals surface area contributed by atoms with Crippen molar-refractivity contribution in [1.29, 1.82) is 0 Å². The zero-order valence-corrected chi connectivity index (χ0v) is 15.4. The Hall–Kier alpha value is -2.94. The van der Waals surface area contributed by atoms with Gasteiger partial charge in [-0.05, 0) is 31.5 Å². The van der Waals surface area contributed by atoms with E-state index in [1.165, 1.54) is 18.2 Å². The van der Waals surface area contributed by atoms with Crippen LogP contribution in [0.4, 0.5) is 16.2 Å². The molecule has 2 unspecified atom stereocenters. The highest BCUT2D eigenvalue weighted by Gasteiger charge is 2.17. The van der Waals surface area contributed by atoms with Gasteiger partial charge >= 0.3 is 0 Å². The molecule has 4 N–H and O–H groups in total. The third kappa shape index (κ3) is 4.08. The number of rotatable bonds is 7. The average molecular weight is 374 g/mol. The second-order valence-corrected chi connectivity index (χ2v) is 6.45. The Balaban J connectivity index is 1.92. The molecule has 0 saturated carbocycles. The molecule has 144 valence electrons. The van der Waals surface area contributed by atoms with Gasteiger partial charge in [-0.25, -0.2) is 9.37 Å². The van der Waals surface area contributed by atoms with Crippen LogP contribution < -0.4 is 10.6 Å². The maximum absolute atomic E-state index is 13.4. The molecule has 3 aromatic rings. The fourth-order valence-corrected chi connectivity index (χ4v) is 2.80. The van der Waals surface area contributed by atoms with Crippen molar-refractivity contribution in [3.8, 4) is 5.75 Å². The van der Waals surface area contributed by atoms with Crippen molar-refractivity contribution < 1.29 is 14.6 Å². The minimum absolute atomic E-state index is 0.00581. The highest BCUT2D eigenvalue weighted by molar-refractivity contribution is 5.84. The van der Waals surface area contributed by atoms with Crippen LogP contribution in [0, 0.1) is 5.82 Å². The van der Waals surface area contributed by atoms with E-state index >= 15 is 0 Å². The Morgan fingerprint density at radius 1 is 1.30 bits per heavy atom. The molecule has 0 amide bonds. The van der Waals surface area contributed by atoms with E-state index in [1.54, 1.807) is 17.8 Å². The Morgan fingerprint density at radius 2 is 2.07 bits per heavy atom. The quantitative estimate of drug-likeness (QED) is 0.503. The second kappa shape index (κ2) is 7.75. The number of aromatic hydroxyl groups is 1. The molecule has 1 aromatic carbocycles. The van der Waals surface area contributed by atoms with Crippen LogP contribution in [-0.4, -0.2) is 41.9 Å². The molecule has 2 heterocycles. The number of benzene rings is 1. The molecule has 0 aliphatic carbocycles. The SMILES string of the molecule is CCC(Nc1nc(NCc2cc(F)ccc2O)c2ncn(C)c2n1)C(C)O. The Labute approximate surface area is 156 Å². The monoisotopic (exact) mass is 374 g/mol. The van der Waals surface area contributed by atoms with Crippen LogP contribution >= 0.6 is 0 Å². The molecule has 0 spiro atoms. The first-order chi connectivity index (χ1) is 12.9. The van der Waals surface area contributed by atoms with E-state index in [4.69, 9.17) is 0 Å². The van der Waals surface area contributed by atoms with Crippen molar-refractivity contribution in [1.82, 2.24) is 19.5 Å². The number of nitrogens with one attached hydrogen (secondary N) is 2. The molecular weight excluding hydrogens is 351 g/mol. The lowest BCUT2D eigenvalue weighted by Crippen LogP contribution is -2.31. The van der Waals surface area contributed by atoms with E-state index in [0.717, 1.165) is 0 Å². The number of aliphatic hydroxyl groups excluding tert-OH is 1. The molecule has 2 atom stereocenters. The van der Waals surface area contributed by atoms with Crippen LogP contribution in [0.15, 0.2) is 24.5 Å². The van der Waals surface area contributed by atoms with Crippen molar-refractivity contribution in [2.75, 3.05) is 10.6 Å². The number of aromatic nitrogens is 4. The van der Waals surface area contributed by atoms with Gasteiger partial charge in [-0.1, -0.05) is 6.92 Å². The summed E-state index contributed by atoms with van der Waals surface area (Å²) < 4.78 is 15.2. The molecule has 0 saturated heterocycles. The summed E-state index contributed by atoms with van der Waals surface area (Å²) in [6.45, 7) is 3.83. The van der Waals surface area contributed by atoms with Crippen molar-refractivity contribution in [2.45, 2.75) is 39.0 Å². The summed E-state index contributed by atoms with van der Waals surface area (Å²) in [7, 11) is 1.82. The predicted molar refractivity (Wildman–Crippen MR) is 101 cm³/mol. The first kappa shape index (κ1) is 18.8. The largest absolute Gasteiger partial charge is 0.508 e. The maximum atomic E-state index is 13.4. The Kier molecular flexibility index (Phi) is 5.41. The molecule has 8 nitrogen and oxygen atoms in total. The Morgan fingerprint density at radius 3 is 2.78 bits per heavy atom. The van der Waals surface area contributed by atoms with Crippen LogP contribution in [0.5, 0.6) is 5.75 Å². The van der Waals surface area contributed by atoms with Gasteiger partial charge in [0.1, 0.15) is 11.6 Å². The molecule has 0 fully saturated rings. The minimum Gasteiger partial charge on any atom is -0.508 e. The molecule has 9 heteroatoms. The fourth-order valence-electron chi connectivity index (χ4n) is 2.80. The molecular formula is C18H23FN6O2. The van der Waals surface area contributed by atoms with Crippen molar-refractivity contribution in [3.63, 3.8) is 0 Å². The topological polar surface area (TPSA) is 108 Å². The number of halogens is 1.